The molecule has 1 heterocycles. The number of nitriles is 1. The van der Waals surface area contributed by atoms with Crippen LogP contribution in [0.15, 0.2) is 18.2 Å². The van der Waals surface area contributed by atoms with Gasteiger partial charge < -0.3 is 15.2 Å². The highest BCUT2D eigenvalue weighted by atomic mass is 16.5. The average Bonchev–Trinajstić information content (AvgIpc) is 2.38. The van der Waals surface area contributed by atoms with Crippen LogP contribution in [0.2, 0.25) is 0 Å². The van der Waals surface area contributed by atoms with Crippen molar-refractivity contribution in [2.75, 3.05) is 25.1 Å². The molecule has 1 aliphatic heterocycles. The van der Waals surface area contributed by atoms with Gasteiger partial charge in [-0.25, -0.2) is 0 Å². The monoisotopic (exact) mass is 246 g/mol. The maximum absolute atomic E-state index is 10.3. The molecule has 0 spiro atoms. The van der Waals surface area contributed by atoms with Gasteiger partial charge in [-0.15, -0.1) is 0 Å². The summed E-state index contributed by atoms with van der Waals surface area (Å²) in [7, 11) is 0. The maximum Gasteiger partial charge on any atom is 0.0994 e. The molecule has 0 radical (unpaired) electrons. The highest BCUT2D eigenvalue weighted by Gasteiger charge is 2.29. The Bertz CT molecular complexity index is 459. The Labute approximate surface area is 107 Å². The Morgan fingerprint density at radius 2 is 2.17 bits per heavy atom. The number of hydrogen-bond acceptors (Lipinski definition) is 4. The van der Waals surface area contributed by atoms with Gasteiger partial charge in [0.15, 0.2) is 0 Å². The number of aliphatic hydroxyl groups is 1. The van der Waals surface area contributed by atoms with E-state index in [1.165, 1.54) is 0 Å². The highest BCUT2D eigenvalue weighted by Crippen LogP contribution is 2.22. The molecule has 1 aromatic carbocycles. The van der Waals surface area contributed by atoms with Crippen LogP contribution < -0.4 is 5.32 Å². The van der Waals surface area contributed by atoms with Crippen molar-refractivity contribution in [1.29, 1.82) is 5.26 Å². The molecule has 0 amide bonds. The molecule has 1 aliphatic rings. The van der Waals surface area contributed by atoms with Gasteiger partial charge in [0.1, 0.15) is 0 Å². The lowest BCUT2D eigenvalue weighted by Crippen LogP contribution is -2.42. The molecule has 1 aromatic rings. The number of aryl methyl sites for hydroxylation is 1. The number of anilines is 1. The first-order valence-corrected chi connectivity index (χ1v) is 6.18. The molecule has 1 fully saturated rings. The third-order valence-corrected chi connectivity index (χ3v) is 3.39. The summed E-state index contributed by atoms with van der Waals surface area (Å²) in [4.78, 5) is 0. The van der Waals surface area contributed by atoms with E-state index in [4.69, 9.17) is 10.00 Å². The molecule has 0 bridgehead atoms. The van der Waals surface area contributed by atoms with Gasteiger partial charge in [-0.05, 0) is 30.7 Å². The second-order valence-corrected chi connectivity index (χ2v) is 4.83. The molecule has 2 N–H and O–H groups in total. The normalized spacial score (nSPS) is 18.1. The fourth-order valence-electron chi connectivity index (χ4n) is 2.09. The Morgan fingerprint density at radius 1 is 1.44 bits per heavy atom. The van der Waals surface area contributed by atoms with Crippen LogP contribution >= 0.6 is 0 Å². The summed E-state index contributed by atoms with van der Waals surface area (Å²) in [6.07, 6.45) is 1.32. The summed E-state index contributed by atoms with van der Waals surface area (Å²) >= 11 is 0. The van der Waals surface area contributed by atoms with Crippen LogP contribution in [-0.2, 0) is 4.74 Å². The molecular weight excluding hydrogens is 228 g/mol. The number of rotatable bonds is 3. The van der Waals surface area contributed by atoms with Crippen molar-refractivity contribution in [2.24, 2.45) is 0 Å². The smallest absolute Gasteiger partial charge is 0.0994 e. The van der Waals surface area contributed by atoms with Crippen LogP contribution in [-0.4, -0.2) is 30.5 Å². The maximum atomic E-state index is 10.3. The van der Waals surface area contributed by atoms with E-state index < -0.39 is 5.60 Å². The fourth-order valence-corrected chi connectivity index (χ4v) is 2.09. The predicted octanol–water partition coefficient (Wildman–Crippen LogP) is 1.82. The number of benzene rings is 1. The minimum atomic E-state index is -0.681. The molecule has 0 aliphatic carbocycles. The fraction of sp³-hybridized carbons (Fsp3) is 0.500. The first kappa shape index (κ1) is 12.9. The van der Waals surface area contributed by atoms with Gasteiger partial charge >= 0.3 is 0 Å². The molecule has 4 nitrogen and oxygen atoms in total. The van der Waals surface area contributed by atoms with E-state index in [0.29, 0.717) is 38.2 Å². The van der Waals surface area contributed by atoms with Gasteiger partial charge in [0.05, 0.1) is 17.2 Å². The molecule has 96 valence electrons. The standard InChI is InChI=1S/C14H18N2O2/c1-11-8-13(3-2-12(11)9-15)16-10-14(17)4-6-18-7-5-14/h2-3,8,16-17H,4-7,10H2,1H3. The molecule has 0 aromatic heterocycles. The van der Waals surface area contributed by atoms with E-state index in [-0.39, 0.29) is 0 Å². The van der Waals surface area contributed by atoms with Gasteiger partial charge in [-0.2, -0.15) is 5.26 Å². The predicted molar refractivity (Wildman–Crippen MR) is 69.4 cm³/mol. The summed E-state index contributed by atoms with van der Waals surface area (Å²) in [5.41, 5.74) is 1.89. The second kappa shape index (κ2) is 5.38. The summed E-state index contributed by atoms with van der Waals surface area (Å²) in [6, 6.07) is 7.74. The molecular formula is C14H18N2O2. The zero-order valence-electron chi connectivity index (χ0n) is 10.6. The lowest BCUT2D eigenvalue weighted by molar-refractivity contribution is -0.0543. The SMILES string of the molecule is Cc1cc(NCC2(O)CCOCC2)ccc1C#N. The Kier molecular flexibility index (Phi) is 3.85. The van der Waals surface area contributed by atoms with E-state index in [2.05, 4.69) is 11.4 Å². The van der Waals surface area contributed by atoms with Gasteiger partial charge in [0.25, 0.3) is 0 Å². The molecule has 2 rings (SSSR count). The lowest BCUT2D eigenvalue weighted by atomic mass is 9.94. The molecule has 4 heteroatoms. The van der Waals surface area contributed by atoms with Crippen molar-refractivity contribution in [3.05, 3.63) is 29.3 Å². The quantitative estimate of drug-likeness (QED) is 0.853. The summed E-state index contributed by atoms with van der Waals surface area (Å²) < 4.78 is 5.24. The van der Waals surface area contributed by atoms with Crippen LogP contribution in [0.25, 0.3) is 0 Å². The van der Waals surface area contributed by atoms with E-state index in [1.54, 1.807) is 6.07 Å². The van der Waals surface area contributed by atoms with Crippen molar-refractivity contribution in [2.45, 2.75) is 25.4 Å². The van der Waals surface area contributed by atoms with Crippen molar-refractivity contribution in [1.82, 2.24) is 0 Å². The largest absolute Gasteiger partial charge is 0.388 e. The van der Waals surface area contributed by atoms with E-state index in [1.807, 2.05) is 19.1 Å². The Hall–Kier alpha value is -1.57. The molecule has 1 saturated heterocycles. The van der Waals surface area contributed by atoms with Crippen LogP contribution in [0.1, 0.15) is 24.0 Å². The van der Waals surface area contributed by atoms with Crippen molar-refractivity contribution in [3.8, 4) is 6.07 Å². The molecule has 0 unspecified atom stereocenters. The first-order valence-electron chi connectivity index (χ1n) is 6.18. The highest BCUT2D eigenvalue weighted by molar-refractivity contribution is 5.51. The van der Waals surface area contributed by atoms with Crippen molar-refractivity contribution in [3.63, 3.8) is 0 Å². The summed E-state index contributed by atoms with van der Waals surface area (Å²) in [5, 5.41) is 22.4. The van der Waals surface area contributed by atoms with E-state index in [9.17, 15) is 5.11 Å². The lowest BCUT2D eigenvalue weighted by Gasteiger charge is -2.32. The summed E-state index contributed by atoms with van der Waals surface area (Å²) in [5.74, 6) is 0. The van der Waals surface area contributed by atoms with Gasteiger partial charge in [-0.1, -0.05) is 0 Å². The van der Waals surface area contributed by atoms with Crippen LogP contribution in [0.3, 0.4) is 0 Å². The number of hydrogen-bond donors (Lipinski definition) is 2. The minimum Gasteiger partial charge on any atom is -0.388 e. The third-order valence-electron chi connectivity index (χ3n) is 3.39. The zero-order valence-corrected chi connectivity index (χ0v) is 10.6. The second-order valence-electron chi connectivity index (χ2n) is 4.83. The zero-order chi connectivity index (χ0) is 13.0. The van der Waals surface area contributed by atoms with Crippen molar-refractivity contribution >= 4 is 5.69 Å². The van der Waals surface area contributed by atoms with Crippen molar-refractivity contribution < 1.29 is 9.84 Å². The minimum absolute atomic E-state index is 0.516. The number of nitrogens with one attached hydrogen (secondary N) is 1. The molecule has 0 atom stereocenters. The van der Waals surface area contributed by atoms with Gasteiger partial charge in [0, 0.05) is 38.3 Å². The van der Waals surface area contributed by atoms with Crippen LogP contribution in [0.4, 0.5) is 5.69 Å². The Morgan fingerprint density at radius 3 is 2.78 bits per heavy atom. The Balaban J connectivity index is 1.98. The third kappa shape index (κ3) is 3.00. The topological polar surface area (TPSA) is 65.3 Å². The van der Waals surface area contributed by atoms with E-state index >= 15 is 0 Å². The van der Waals surface area contributed by atoms with Gasteiger partial charge in [0.2, 0.25) is 0 Å². The van der Waals surface area contributed by atoms with Gasteiger partial charge in [-0.3, -0.25) is 0 Å². The van der Waals surface area contributed by atoms with E-state index in [0.717, 1.165) is 11.3 Å². The average molecular weight is 246 g/mol. The molecule has 18 heavy (non-hydrogen) atoms. The summed E-state index contributed by atoms with van der Waals surface area (Å²) in [6.45, 7) is 3.66. The van der Waals surface area contributed by atoms with Crippen LogP contribution in [0, 0.1) is 18.3 Å². The molecule has 0 saturated carbocycles. The number of nitrogens with zero attached hydrogens (tertiary/aromatic N) is 1. The number of ether oxygens (including phenoxy) is 1. The van der Waals surface area contributed by atoms with Crippen LogP contribution in [0.5, 0.6) is 0 Å². The first-order chi connectivity index (χ1) is 8.63.